The fraction of sp³-hybridized carbons (Fsp3) is 0.214. The Kier molecular flexibility index (Phi) is 4.89. The number of carbonyl (C=O) groups is 2. The number of amides is 1. The van der Waals surface area contributed by atoms with Gasteiger partial charge in [0.2, 0.25) is 0 Å². The Morgan fingerprint density at radius 1 is 1.29 bits per heavy atom. The molecule has 7 heteroatoms. The van der Waals surface area contributed by atoms with Crippen molar-refractivity contribution in [3.63, 3.8) is 0 Å². The zero-order chi connectivity index (χ0) is 15.2. The van der Waals surface area contributed by atoms with Crippen molar-refractivity contribution in [1.29, 1.82) is 0 Å². The minimum Gasteiger partial charge on any atom is -0.481 e. The summed E-state index contributed by atoms with van der Waals surface area (Å²) in [6, 6.07) is 9.31. The molecule has 1 heterocycles. The predicted molar refractivity (Wildman–Crippen MR) is 81.2 cm³/mol. The molecule has 0 bridgehead atoms. The van der Waals surface area contributed by atoms with Gasteiger partial charge in [0.15, 0.2) is 5.13 Å². The summed E-state index contributed by atoms with van der Waals surface area (Å²) < 4.78 is 0. The summed E-state index contributed by atoms with van der Waals surface area (Å²) in [6.07, 6.45) is 0.409. The number of nitrogens with zero attached hydrogens (tertiary/aromatic N) is 1. The first-order valence-electron chi connectivity index (χ1n) is 6.39. The molecule has 1 amide bonds. The second kappa shape index (κ2) is 6.85. The van der Waals surface area contributed by atoms with Crippen molar-refractivity contribution < 1.29 is 14.7 Å². The Bertz CT molecular complexity index is 640. The van der Waals surface area contributed by atoms with Crippen LogP contribution in [0, 0.1) is 0 Å². The first-order valence-corrected chi connectivity index (χ1v) is 7.21. The molecule has 1 aromatic heterocycles. The fourth-order valence-corrected chi connectivity index (χ4v) is 2.58. The van der Waals surface area contributed by atoms with E-state index in [1.165, 1.54) is 0 Å². The van der Waals surface area contributed by atoms with Gasteiger partial charge >= 0.3 is 5.97 Å². The lowest BCUT2D eigenvalue weighted by molar-refractivity contribution is -0.137. The van der Waals surface area contributed by atoms with Crippen LogP contribution in [0.15, 0.2) is 30.3 Å². The number of aliphatic carboxylic acids is 1. The number of aromatic nitrogens is 1. The first-order chi connectivity index (χ1) is 10.1. The normalized spacial score (nSPS) is 10.3. The van der Waals surface area contributed by atoms with Crippen LogP contribution in [-0.2, 0) is 4.79 Å². The van der Waals surface area contributed by atoms with E-state index in [-0.39, 0.29) is 12.3 Å². The average molecular weight is 305 g/mol. The van der Waals surface area contributed by atoms with Gasteiger partial charge in [0.05, 0.1) is 5.69 Å². The Morgan fingerprint density at radius 2 is 2.00 bits per heavy atom. The lowest BCUT2D eigenvalue weighted by atomic mass is 10.1. The molecule has 0 aliphatic heterocycles. The van der Waals surface area contributed by atoms with Crippen LogP contribution in [0.1, 0.15) is 22.5 Å². The van der Waals surface area contributed by atoms with Gasteiger partial charge in [-0.15, -0.1) is 0 Å². The van der Waals surface area contributed by atoms with Crippen molar-refractivity contribution in [3.8, 4) is 11.3 Å². The number of carbonyl (C=O) groups excluding carboxylic acids is 1. The van der Waals surface area contributed by atoms with Crippen LogP contribution >= 0.6 is 11.3 Å². The largest absolute Gasteiger partial charge is 0.481 e. The third-order valence-electron chi connectivity index (χ3n) is 2.75. The van der Waals surface area contributed by atoms with E-state index < -0.39 is 5.97 Å². The summed E-state index contributed by atoms with van der Waals surface area (Å²) in [5.74, 6) is -1.16. The predicted octanol–water partition coefficient (Wildman–Crippen LogP) is 1.99. The minimum absolute atomic E-state index is 0.0245. The fourth-order valence-electron chi connectivity index (χ4n) is 1.80. The average Bonchev–Trinajstić information content (AvgIpc) is 2.86. The van der Waals surface area contributed by atoms with Crippen molar-refractivity contribution in [1.82, 2.24) is 10.3 Å². The molecule has 1 aromatic carbocycles. The highest BCUT2D eigenvalue weighted by Gasteiger charge is 2.18. The number of hydrogen-bond acceptors (Lipinski definition) is 5. The molecule has 0 aliphatic carbocycles. The van der Waals surface area contributed by atoms with Gasteiger partial charge in [0, 0.05) is 18.5 Å². The van der Waals surface area contributed by atoms with E-state index in [1.807, 2.05) is 30.3 Å². The highest BCUT2D eigenvalue weighted by molar-refractivity contribution is 7.17. The van der Waals surface area contributed by atoms with Gasteiger partial charge in [-0.2, -0.15) is 0 Å². The standard InChI is InChI=1S/C14H15N3O3S/c15-14-17-11(9-5-2-1-3-6-9)12(21-14)13(20)16-8-4-7-10(18)19/h1-3,5-6H,4,7-8H2,(H2,15,17)(H,16,20)(H,18,19). The quantitative estimate of drug-likeness (QED) is 0.708. The maximum atomic E-state index is 12.2. The van der Waals surface area contributed by atoms with E-state index in [0.717, 1.165) is 16.9 Å². The zero-order valence-corrected chi connectivity index (χ0v) is 12.0. The third-order valence-corrected chi connectivity index (χ3v) is 3.63. The van der Waals surface area contributed by atoms with E-state index in [9.17, 15) is 9.59 Å². The Morgan fingerprint density at radius 3 is 2.67 bits per heavy atom. The minimum atomic E-state index is -0.878. The van der Waals surface area contributed by atoms with Crippen LogP contribution in [0.3, 0.4) is 0 Å². The molecule has 0 atom stereocenters. The molecule has 0 aliphatic rings. The number of carboxylic acids is 1. The van der Waals surface area contributed by atoms with Crippen molar-refractivity contribution in [2.75, 3.05) is 12.3 Å². The Hall–Kier alpha value is -2.41. The van der Waals surface area contributed by atoms with Gasteiger partial charge in [0.1, 0.15) is 4.88 Å². The van der Waals surface area contributed by atoms with E-state index in [0.29, 0.717) is 28.7 Å². The molecule has 2 aromatic rings. The summed E-state index contributed by atoms with van der Waals surface area (Å²) in [5.41, 5.74) is 7.07. The number of nitrogens with one attached hydrogen (secondary N) is 1. The molecule has 21 heavy (non-hydrogen) atoms. The van der Waals surface area contributed by atoms with E-state index in [1.54, 1.807) is 0 Å². The molecular formula is C14H15N3O3S. The molecule has 0 spiro atoms. The molecule has 6 nitrogen and oxygen atoms in total. The van der Waals surface area contributed by atoms with Crippen molar-refractivity contribution in [2.45, 2.75) is 12.8 Å². The SMILES string of the molecule is Nc1nc(-c2ccccc2)c(C(=O)NCCCC(=O)O)s1. The monoisotopic (exact) mass is 305 g/mol. The molecule has 0 saturated carbocycles. The van der Waals surface area contributed by atoms with E-state index in [4.69, 9.17) is 10.8 Å². The van der Waals surface area contributed by atoms with Crippen LogP contribution in [0.2, 0.25) is 0 Å². The van der Waals surface area contributed by atoms with E-state index in [2.05, 4.69) is 10.3 Å². The molecule has 0 radical (unpaired) electrons. The molecule has 4 N–H and O–H groups in total. The maximum Gasteiger partial charge on any atom is 0.303 e. The van der Waals surface area contributed by atoms with Crippen LogP contribution in [0.25, 0.3) is 11.3 Å². The first kappa shape index (κ1) is 15.0. The second-order valence-electron chi connectivity index (χ2n) is 4.35. The Balaban J connectivity index is 2.09. The second-order valence-corrected chi connectivity index (χ2v) is 5.38. The number of thiazole rings is 1. The van der Waals surface area contributed by atoms with Crippen molar-refractivity contribution >= 4 is 28.3 Å². The maximum absolute atomic E-state index is 12.2. The van der Waals surface area contributed by atoms with Gasteiger partial charge in [-0.1, -0.05) is 41.7 Å². The molecular weight excluding hydrogens is 290 g/mol. The van der Waals surface area contributed by atoms with E-state index >= 15 is 0 Å². The summed E-state index contributed by atoms with van der Waals surface area (Å²) in [4.78, 5) is 27.2. The molecule has 0 saturated heterocycles. The lowest BCUT2D eigenvalue weighted by Crippen LogP contribution is -2.24. The van der Waals surface area contributed by atoms with Crippen molar-refractivity contribution in [3.05, 3.63) is 35.2 Å². The lowest BCUT2D eigenvalue weighted by Gasteiger charge is -2.04. The summed E-state index contributed by atoms with van der Waals surface area (Å²) in [6.45, 7) is 0.303. The summed E-state index contributed by atoms with van der Waals surface area (Å²) >= 11 is 1.12. The van der Waals surface area contributed by atoms with Gasteiger partial charge in [0.25, 0.3) is 5.91 Å². The number of rotatable bonds is 6. The highest BCUT2D eigenvalue weighted by Crippen LogP contribution is 2.29. The third kappa shape index (κ3) is 4.03. The van der Waals surface area contributed by atoms with Gasteiger partial charge < -0.3 is 16.2 Å². The van der Waals surface area contributed by atoms with Crippen LogP contribution in [0.5, 0.6) is 0 Å². The topological polar surface area (TPSA) is 105 Å². The summed E-state index contributed by atoms with van der Waals surface area (Å²) in [7, 11) is 0. The van der Waals surface area contributed by atoms with Crippen molar-refractivity contribution in [2.24, 2.45) is 0 Å². The number of benzene rings is 1. The van der Waals surface area contributed by atoms with Crippen LogP contribution in [-0.4, -0.2) is 28.5 Å². The molecule has 0 fully saturated rings. The molecule has 0 unspecified atom stereocenters. The van der Waals surface area contributed by atoms with Gasteiger partial charge in [-0.3, -0.25) is 9.59 Å². The van der Waals surface area contributed by atoms with Crippen LogP contribution in [0.4, 0.5) is 5.13 Å². The van der Waals surface area contributed by atoms with Crippen LogP contribution < -0.4 is 11.1 Å². The number of nitrogens with two attached hydrogens (primary N) is 1. The number of anilines is 1. The number of hydrogen-bond donors (Lipinski definition) is 3. The van der Waals surface area contributed by atoms with Gasteiger partial charge in [-0.25, -0.2) is 4.98 Å². The smallest absolute Gasteiger partial charge is 0.303 e. The number of carboxylic acid groups (broad SMARTS) is 1. The summed E-state index contributed by atoms with van der Waals surface area (Å²) in [5, 5.41) is 11.6. The molecule has 2 rings (SSSR count). The Labute approximate surface area is 125 Å². The van der Waals surface area contributed by atoms with Gasteiger partial charge in [-0.05, 0) is 6.42 Å². The highest BCUT2D eigenvalue weighted by atomic mass is 32.1. The number of nitrogen functional groups attached to an aromatic ring is 1. The zero-order valence-electron chi connectivity index (χ0n) is 11.2. The molecule has 110 valence electrons.